The molecule has 0 bridgehead atoms. The number of phenols is 1. The number of fused-ring (bicyclic) bond motifs is 1. The van der Waals surface area contributed by atoms with E-state index in [1.807, 2.05) is 12.1 Å². The van der Waals surface area contributed by atoms with Gasteiger partial charge in [0, 0.05) is 5.92 Å². The number of benzene rings is 1. The second-order valence-corrected chi connectivity index (χ2v) is 4.25. The molecule has 0 heterocycles. The van der Waals surface area contributed by atoms with E-state index in [4.69, 9.17) is 5.73 Å². The van der Waals surface area contributed by atoms with Crippen LogP contribution in [0.25, 0.3) is 5.57 Å². The maximum atomic E-state index is 9.38. The maximum Gasteiger partial charge on any atom is 0.138 e. The van der Waals surface area contributed by atoms with Crippen LogP contribution in [0.5, 0.6) is 5.75 Å². The third-order valence-electron chi connectivity index (χ3n) is 3.22. The van der Waals surface area contributed by atoms with E-state index in [9.17, 15) is 5.11 Å². The lowest BCUT2D eigenvalue weighted by molar-refractivity contribution is 0.478. The van der Waals surface area contributed by atoms with Gasteiger partial charge in [-0.25, -0.2) is 0 Å². The lowest BCUT2D eigenvalue weighted by Crippen LogP contribution is -2.15. The molecule has 2 aliphatic carbocycles. The Kier molecular flexibility index (Phi) is 1.90. The van der Waals surface area contributed by atoms with Gasteiger partial charge in [0.15, 0.2) is 0 Å². The Labute approximate surface area is 94.4 Å². The number of anilines is 1. The Hall–Kier alpha value is -1.96. The summed E-state index contributed by atoms with van der Waals surface area (Å²) in [5.74, 6) is 0.729. The molecule has 0 aromatic heterocycles. The molecular formula is C14H13NO. The van der Waals surface area contributed by atoms with E-state index >= 15 is 0 Å². The summed E-state index contributed by atoms with van der Waals surface area (Å²) in [4.78, 5) is 0. The fraction of sp³-hybridized carbons (Fsp3) is 0.143. The van der Waals surface area contributed by atoms with E-state index in [0.717, 1.165) is 12.0 Å². The molecule has 0 amide bonds. The second-order valence-electron chi connectivity index (χ2n) is 4.25. The molecule has 0 fully saturated rings. The van der Waals surface area contributed by atoms with Gasteiger partial charge >= 0.3 is 0 Å². The zero-order valence-corrected chi connectivity index (χ0v) is 8.85. The number of nitrogen functional groups attached to an aromatic ring is 1. The summed E-state index contributed by atoms with van der Waals surface area (Å²) in [5, 5.41) is 9.38. The van der Waals surface area contributed by atoms with Crippen LogP contribution in [0.2, 0.25) is 0 Å². The van der Waals surface area contributed by atoms with Crippen molar-refractivity contribution in [1.29, 1.82) is 0 Å². The number of nitrogens with two attached hydrogens (primary N) is 1. The first kappa shape index (κ1) is 9.28. The van der Waals surface area contributed by atoms with Crippen LogP contribution in [-0.2, 0) is 0 Å². The van der Waals surface area contributed by atoms with Crippen LogP contribution >= 0.6 is 0 Å². The second kappa shape index (κ2) is 3.27. The third kappa shape index (κ3) is 1.27. The molecule has 2 aliphatic rings. The van der Waals surface area contributed by atoms with Gasteiger partial charge in [-0.2, -0.15) is 0 Å². The van der Waals surface area contributed by atoms with Crippen molar-refractivity contribution < 1.29 is 5.11 Å². The molecule has 16 heavy (non-hydrogen) atoms. The highest BCUT2D eigenvalue weighted by Gasteiger charge is 2.26. The summed E-state index contributed by atoms with van der Waals surface area (Å²) < 4.78 is 0. The SMILES string of the molecule is Nc1cc(C2=CC3CC=CC=C23)ccc1O. The zero-order chi connectivity index (χ0) is 11.1. The van der Waals surface area contributed by atoms with Gasteiger partial charge in [-0.1, -0.05) is 30.4 Å². The van der Waals surface area contributed by atoms with E-state index in [0.29, 0.717) is 11.6 Å². The number of allylic oxidation sites excluding steroid dienone is 6. The van der Waals surface area contributed by atoms with Crippen molar-refractivity contribution in [2.24, 2.45) is 5.92 Å². The lowest BCUT2D eigenvalue weighted by Gasteiger charge is -2.31. The van der Waals surface area contributed by atoms with Crippen molar-refractivity contribution in [2.45, 2.75) is 6.42 Å². The number of hydrogen-bond acceptors (Lipinski definition) is 2. The van der Waals surface area contributed by atoms with Crippen LogP contribution in [0.15, 0.2) is 48.1 Å². The highest BCUT2D eigenvalue weighted by atomic mass is 16.3. The Bertz CT molecular complexity index is 538. The summed E-state index contributed by atoms with van der Waals surface area (Å²) in [5.41, 5.74) is 9.86. The molecule has 0 saturated heterocycles. The fourth-order valence-electron chi connectivity index (χ4n) is 2.28. The van der Waals surface area contributed by atoms with Gasteiger partial charge in [0.1, 0.15) is 5.75 Å². The van der Waals surface area contributed by atoms with Gasteiger partial charge in [-0.05, 0) is 35.3 Å². The molecule has 2 nitrogen and oxygen atoms in total. The lowest BCUT2D eigenvalue weighted by atomic mass is 9.73. The van der Waals surface area contributed by atoms with E-state index < -0.39 is 0 Å². The van der Waals surface area contributed by atoms with Gasteiger partial charge in [-0.3, -0.25) is 0 Å². The van der Waals surface area contributed by atoms with Crippen molar-refractivity contribution in [3.8, 4) is 5.75 Å². The minimum atomic E-state index is 0.151. The third-order valence-corrected chi connectivity index (χ3v) is 3.22. The van der Waals surface area contributed by atoms with Gasteiger partial charge in [0.25, 0.3) is 0 Å². The average molecular weight is 211 g/mol. The molecule has 0 saturated carbocycles. The fourth-order valence-corrected chi connectivity index (χ4v) is 2.28. The molecule has 3 rings (SSSR count). The first-order chi connectivity index (χ1) is 7.75. The molecule has 1 unspecified atom stereocenters. The molecule has 1 atom stereocenters. The molecule has 3 N–H and O–H groups in total. The van der Waals surface area contributed by atoms with Crippen molar-refractivity contribution >= 4 is 11.3 Å². The summed E-state index contributed by atoms with van der Waals surface area (Å²) in [6.45, 7) is 0. The largest absolute Gasteiger partial charge is 0.506 e. The van der Waals surface area contributed by atoms with Crippen LogP contribution in [0.3, 0.4) is 0 Å². The molecule has 0 aliphatic heterocycles. The van der Waals surface area contributed by atoms with E-state index in [1.165, 1.54) is 11.1 Å². The summed E-state index contributed by atoms with van der Waals surface area (Å²) in [6, 6.07) is 5.39. The topological polar surface area (TPSA) is 46.2 Å². The Morgan fingerprint density at radius 1 is 1.31 bits per heavy atom. The van der Waals surface area contributed by atoms with Crippen molar-refractivity contribution in [1.82, 2.24) is 0 Å². The Morgan fingerprint density at radius 3 is 2.94 bits per heavy atom. The highest BCUT2D eigenvalue weighted by Crippen LogP contribution is 2.44. The Morgan fingerprint density at radius 2 is 2.19 bits per heavy atom. The summed E-state index contributed by atoms with van der Waals surface area (Å²) >= 11 is 0. The van der Waals surface area contributed by atoms with Crippen molar-refractivity contribution in [3.05, 3.63) is 53.6 Å². The minimum Gasteiger partial charge on any atom is -0.506 e. The predicted octanol–water partition coefficient (Wildman–Crippen LogP) is 2.87. The molecule has 80 valence electrons. The van der Waals surface area contributed by atoms with Crippen LogP contribution in [0.1, 0.15) is 12.0 Å². The zero-order valence-electron chi connectivity index (χ0n) is 8.85. The molecular weight excluding hydrogens is 198 g/mol. The number of rotatable bonds is 1. The van der Waals surface area contributed by atoms with Gasteiger partial charge in [0.05, 0.1) is 5.69 Å². The maximum absolute atomic E-state index is 9.38. The van der Waals surface area contributed by atoms with Gasteiger partial charge in [-0.15, -0.1) is 0 Å². The van der Waals surface area contributed by atoms with Crippen molar-refractivity contribution in [2.75, 3.05) is 5.73 Å². The normalized spacial score (nSPS) is 21.9. The molecule has 1 aromatic carbocycles. The van der Waals surface area contributed by atoms with E-state index in [2.05, 4.69) is 24.3 Å². The van der Waals surface area contributed by atoms with Crippen molar-refractivity contribution in [3.63, 3.8) is 0 Å². The number of aromatic hydroxyl groups is 1. The first-order valence-electron chi connectivity index (χ1n) is 5.43. The van der Waals surface area contributed by atoms with Crippen LogP contribution in [0.4, 0.5) is 5.69 Å². The van der Waals surface area contributed by atoms with E-state index in [1.54, 1.807) is 6.07 Å². The Balaban J connectivity index is 2.00. The minimum absolute atomic E-state index is 0.151. The van der Waals surface area contributed by atoms with Crippen LogP contribution in [-0.4, -0.2) is 5.11 Å². The smallest absolute Gasteiger partial charge is 0.138 e. The highest BCUT2D eigenvalue weighted by molar-refractivity contribution is 5.88. The van der Waals surface area contributed by atoms with Gasteiger partial charge < -0.3 is 10.8 Å². The van der Waals surface area contributed by atoms with E-state index in [-0.39, 0.29) is 5.75 Å². The summed E-state index contributed by atoms with van der Waals surface area (Å²) in [7, 11) is 0. The first-order valence-corrected chi connectivity index (χ1v) is 5.43. The monoisotopic (exact) mass is 211 g/mol. The summed E-state index contributed by atoms with van der Waals surface area (Å²) in [6.07, 6.45) is 9.81. The van der Waals surface area contributed by atoms with Crippen LogP contribution in [0, 0.1) is 5.92 Å². The average Bonchev–Trinajstić information content (AvgIpc) is 2.25. The quantitative estimate of drug-likeness (QED) is 0.554. The molecule has 2 heteroatoms. The van der Waals surface area contributed by atoms with Crippen LogP contribution < -0.4 is 5.73 Å². The molecule has 1 aromatic rings. The standard InChI is InChI=1S/C14H13NO/c15-13-8-10(5-6-14(13)16)12-7-9-3-1-2-4-11(9)12/h1-2,4-9,16H,3,15H2. The predicted molar refractivity (Wildman–Crippen MR) is 65.8 cm³/mol. The molecule has 0 radical (unpaired) electrons. The molecule has 0 spiro atoms. The number of phenolic OH excluding ortho intramolecular Hbond substituents is 1. The van der Waals surface area contributed by atoms with Gasteiger partial charge in [0.2, 0.25) is 0 Å². The number of hydrogen-bond donors (Lipinski definition) is 2.